The number of aromatic nitrogens is 1. The van der Waals surface area contributed by atoms with Gasteiger partial charge in [-0.05, 0) is 53.8 Å². The molecule has 0 unspecified atom stereocenters. The molecule has 0 aliphatic carbocycles. The number of nitrogens with zero attached hydrogens (tertiary/aromatic N) is 2. The number of likely N-dealkylation sites (tertiary alicyclic amines) is 1. The lowest BCUT2D eigenvalue weighted by atomic mass is 9.78. The molecular formula is C25H25N3O3. The lowest BCUT2D eigenvalue weighted by Crippen LogP contribution is -2.43. The summed E-state index contributed by atoms with van der Waals surface area (Å²) in [6, 6.07) is 21.1. The van der Waals surface area contributed by atoms with Gasteiger partial charge in [0.15, 0.2) is 6.61 Å². The van der Waals surface area contributed by atoms with Crippen molar-refractivity contribution in [2.24, 2.45) is 11.1 Å². The minimum atomic E-state index is -0.800. The number of benzene rings is 2. The van der Waals surface area contributed by atoms with Crippen molar-refractivity contribution in [3.05, 3.63) is 84.7 Å². The van der Waals surface area contributed by atoms with Gasteiger partial charge in [-0.15, -0.1) is 0 Å². The van der Waals surface area contributed by atoms with Gasteiger partial charge in [-0.1, -0.05) is 42.5 Å². The zero-order chi connectivity index (χ0) is 21.7. The van der Waals surface area contributed by atoms with Crippen LogP contribution in [0.4, 0.5) is 0 Å². The molecule has 1 atom stereocenters. The van der Waals surface area contributed by atoms with Crippen molar-refractivity contribution in [1.82, 2.24) is 9.88 Å². The van der Waals surface area contributed by atoms with Crippen LogP contribution < -0.4 is 10.5 Å². The lowest BCUT2D eigenvalue weighted by Gasteiger charge is -2.27. The number of carbonyl (C=O) groups is 2. The molecule has 31 heavy (non-hydrogen) atoms. The Morgan fingerprint density at radius 2 is 1.71 bits per heavy atom. The number of nitrogens with two attached hydrogens (primary N) is 1. The van der Waals surface area contributed by atoms with Crippen molar-refractivity contribution in [3.8, 4) is 16.9 Å². The van der Waals surface area contributed by atoms with Gasteiger partial charge < -0.3 is 15.4 Å². The summed E-state index contributed by atoms with van der Waals surface area (Å²) in [4.78, 5) is 31.0. The minimum absolute atomic E-state index is 0.0630. The molecule has 1 aliphatic heterocycles. The highest BCUT2D eigenvalue weighted by Crippen LogP contribution is 2.37. The molecular weight excluding hydrogens is 390 g/mol. The normalized spacial score (nSPS) is 18.0. The van der Waals surface area contributed by atoms with E-state index < -0.39 is 5.41 Å². The zero-order valence-electron chi connectivity index (χ0n) is 17.2. The number of primary amides is 1. The fourth-order valence-corrected chi connectivity index (χ4v) is 4.12. The maximum absolute atomic E-state index is 12.7. The Kier molecular flexibility index (Phi) is 5.98. The molecule has 158 valence electrons. The summed E-state index contributed by atoms with van der Waals surface area (Å²) in [6.45, 7) is 0.716. The first-order chi connectivity index (χ1) is 15.1. The second kappa shape index (κ2) is 9.00. The number of carbonyl (C=O) groups excluding carboxylic acids is 2. The third kappa shape index (κ3) is 4.58. The van der Waals surface area contributed by atoms with Gasteiger partial charge in [0.2, 0.25) is 5.91 Å². The smallest absolute Gasteiger partial charge is 0.260 e. The zero-order valence-corrected chi connectivity index (χ0v) is 17.2. The first-order valence-electron chi connectivity index (χ1n) is 10.3. The second-order valence-electron chi connectivity index (χ2n) is 7.88. The molecule has 1 aromatic heterocycles. The molecule has 1 aliphatic rings. The number of para-hydroxylation sites is 1. The van der Waals surface area contributed by atoms with Crippen molar-refractivity contribution in [2.45, 2.75) is 12.8 Å². The predicted molar refractivity (Wildman–Crippen MR) is 118 cm³/mol. The van der Waals surface area contributed by atoms with E-state index in [9.17, 15) is 9.59 Å². The molecule has 2 N–H and O–H groups in total. The maximum atomic E-state index is 12.7. The first kappa shape index (κ1) is 20.6. The Balaban J connectivity index is 1.50. The van der Waals surface area contributed by atoms with Crippen molar-refractivity contribution in [2.75, 3.05) is 19.7 Å². The summed E-state index contributed by atoms with van der Waals surface area (Å²) in [5, 5.41) is 0. The number of rotatable bonds is 7. The second-order valence-corrected chi connectivity index (χ2v) is 7.88. The van der Waals surface area contributed by atoms with Crippen LogP contribution >= 0.6 is 0 Å². The molecule has 2 amide bonds. The molecule has 0 bridgehead atoms. The number of hydrogen-bond donors (Lipinski definition) is 1. The predicted octanol–water partition coefficient (Wildman–Crippen LogP) is 3.07. The lowest BCUT2D eigenvalue weighted by molar-refractivity contribution is -0.133. The summed E-state index contributed by atoms with van der Waals surface area (Å²) in [5.41, 5.74) is 8.19. The van der Waals surface area contributed by atoms with Crippen molar-refractivity contribution < 1.29 is 14.3 Å². The van der Waals surface area contributed by atoms with Crippen LogP contribution in [0.1, 0.15) is 12.0 Å². The number of amides is 2. The summed E-state index contributed by atoms with van der Waals surface area (Å²) in [5.74, 6) is 0.119. The van der Waals surface area contributed by atoms with Gasteiger partial charge in [-0.2, -0.15) is 0 Å². The quantitative estimate of drug-likeness (QED) is 0.643. The van der Waals surface area contributed by atoms with Gasteiger partial charge in [0.05, 0.1) is 5.41 Å². The SMILES string of the molecule is NC(=O)[C@]1(Cc2ccccc2-c2ccncc2)CCN(C(=O)COc2ccccc2)C1. The van der Waals surface area contributed by atoms with Crippen LogP contribution in [-0.4, -0.2) is 41.4 Å². The van der Waals surface area contributed by atoms with Crippen molar-refractivity contribution >= 4 is 11.8 Å². The molecule has 3 aromatic rings. The van der Waals surface area contributed by atoms with Crippen LogP contribution in [0, 0.1) is 5.41 Å². The Bertz CT molecular complexity index is 1060. The van der Waals surface area contributed by atoms with E-state index in [1.54, 1.807) is 29.4 Å². The third-order valence-corrected chi connectivity index (χ3v) is 5.87. The fraction of sp³-hybridized carbons (Fsp3) is 0.240. The van der Waals surface area contributed by atoms with E-state index >= 15 is 0 Å². The fourth-order valence-electron chi connectivity index (χ4n) is 4.12. The van der Waals surface area contributed by atoms with Gasteiger partial charge in [-0.3, -0.25) is 14.6 Å². The molecule has 0 spiro atoms. The molecule has 0 saturated carbocycles. The van der Waals surface area contributed by atoms with Gasteiger partial charge in [-0.25, -0.2) is 0 Å². The highest BCUT2D eigenvalue weighted by Gasteiger charge is 2.45. The molecule has 2 heterocycles. The van der Waals surface area contributed by atoms with Gasteiger partial charge in [0, 0.05) is 25.5 Å². The molecule has 6 nitrogen and oxygen atoms in total. The van der Waals surface area contributed by atoms with E-state index in [1.165, 1.54) is 0 Å². The van der Waals surface area contributed by atoms with Crippen LogP contribution in [0.2, 0.25) is 0 Å². The Morgan fingerprint density at radius 1 is 1.00 bits per heavy atom. The standard InChI is InChI=1S/C25H25N3O3/c26-24(30)25(16-20-6-4-5-9-22(20)19-10-13-27-14-11-19)12-15-28(18-25)23(29)17-31-21-7-2-1-3-8-21/h1-11,13-14H,12,15-18H2,(H2,26,30)/t25-/m0/s1. The van der Waals surface area contributed by atoms with E-state index in [0.29, 0.717) is 31.7 Å². The average Bonchev–Trinajstić information content (AvgIpc) is 3.25. The Morgan fingerprint density at radius 3 is 2.45 bits per heavy atom. The van der Waals surface area contributed by atoms with Gasteiger partial charge in [0.1, 0.15) is 5.75 Å². The summed E-state index contributed by atoms with van der Waals surface area (Å²) in [7, 11) is 0. The molecule has 1 saturated heterocycles. The minimum Gasteiger partial charge on any atom is -0.484 e. The average molecular weight is 415 g/mol. The number of ether oxygens (including phenoxy) is 1. The van der Waals surface area contributed by atoms with E-state index in [0.717, 1.165) is 16.7 Å². The highest BCUT2D eigenvalue weighted by molar-refractivity contribution is 5.85. The van der Waals surface area contributed by atoms with E-state index in [2.05, 4.69) is 4.98 Å². The van der Waals surface area contributed by atoms with Crippen LogP contribution in [0.5, 0.6) is 5.75 Å². The maximum Gasteiger partial charge on any atom is 0.260 e. The van der Waals surface area contributed by atoms with E-state index in [-0.39, 0.29) is 18.4 Å². The molecule has 1 fully saturated rings. The first-order valence-corrected chi connectivity index (χ1v) is 10.3. The van der Waals surface area contributed by atoms with Gasteiger partial charge in [0.25, 0.3) is 5.91 Å². The topological polar surface area (TPSA) is 85.5 Å². The molecule has 4 rings (SSSR count). The third-order valence-electron chi connectivity index (χ3n) is 5.87. The Labute approximate surface area is 181 Å². The van der Waals surface area contributed by atoms with Crippen molar-refractivity contribution in [3.63, 3.8) is 0 Å². The van der Waals surface area contributed by atoms with E-state index in [4.69, 9.17) is 10.5 Å². The summed E-state index contributed by atoms with van der Waals surface area (Å²) < 4.78 is 5.59. The van der Waals surface area contributed by atoms with Crippen molar-refractivity contribution in [1.29, 1.82) is 0 Å². The monoisotopic (exact) mass is 415 g/mol. The van der Waals surface area contributed by atoms with Crippen LogP contribution in [0.15, 0.2) is 79.1 Å². The molecule has 6 heteroatoms. The Hall–Kier alpha value is -3.67. The highest BCUT2D eigenvalue weighted by atomic mass is 16.5. The molecule has 2 aromatic carbocycles. The summed E-state index contributed by atoms with van der Waals surface area (Å²) >= 11 is 0. The molecule has 0 radical (unpaired) electrons. The van der Waals surface area contributed by atoms with E-state index in [1.807, 2.05) is 54.6 Å². The number of pyridine rings is 1. The van der Waals surface area contributed by atoms with Crippen LogP contribution in [0.25, 0.3) is 11.1 Å². The largest absolute Gasteiger partial charge is 0.484 e. The van der Waals surface area contributed by atoms with Crippen LogP contribution in [0.3, 0.4) is 0 Å². The number of hydrogen-bond acceptors (Lipinski definition) is 4. The summed E-state index contributed by atoms with van der Waals surface area (Å²) in [6.07, 6.45) is 4.51. The van der Waals surface area contributed by atoms with Gasteiger partial charge >= 0.3 is 0 Å². The van der Waals surface area contributed by atoms with Crippen LogP contribution in [-0.2, 0) is 16.0 Å².